The molecule has 0 saturated carbocycles. The molecule has 62 valence electrons. The third kappa shape index (κ3) is 0.961. The number of anilines is 1. The Morgan fingerprint density at radius 2 is 2.33 bits per heavy atom. The van der Waals surface area contributed by atoms with Crippen LogP contribution in [0.2, 0.25) is 0 Å². The number of fused-ring (bicyclic) bond motifs is 1. The van der Waals surface area contributed by atoms with Gasteiger partial charge in [-0.2, -0.15) is 5.10 Å². The normalized spacial score (nSPS) is 10.8. The van der Waals surface area contributed by atoms with E-state index in [1.165, 1.54) is 6.33 Å². The van der Waals surface area contributed by atoms with Crippen molar-refractivity contribution in [1.29, 1.82) is 0 Å². The number of hydrogen-bond donors (Lipinski definition) is 1. The number of nitrogens with two attached hydrogens (primary N) is 1. The number of nitrogen functional groups attached to an aromatic ring is 1. The van der Waals surface area contributed by atoms with Crippen LogP contribution in [0.3, 0.4) is 0 Å². The van der Waals surface area contributed by atoms with E-state index in [-0.39, 0.29) is 0 Å². The third-order valence-corrected chi connectivity index (χ3v) is 2.54. The van der Waals surface area contributed by atoms with Gasteiger partial charge in [-0.3, -0.25) is 0 Å². The molecule has 2 heterocycles. The molecule has 0 aromatic carbocycles. The maximum absolute atomic E-state index is 5.69. The lowest BCUT2D eigenvalue weighted by molar-refractivity contribution is 0.875. The van der Waals surface area contributed by atoms with E-state index in [0.717, 1.165) is 14.8 Å². The van der Waals surface area contributed by atoms with Crippen LogP contribution in [0.5, 0.6) is 0 Å². The molecular formula is C7H7IN4. The molecule has 0 aliphatic rings. The van der Waals surface area contributed by atoms with Crippen LogP contribution >= 0.6 is 22.6 Å². The van der Waals surface area contributed by atoms with Crippen molar-refractivity contribution < 1.29 is 0 Å². The topological polar surface area (TPSA) is 56.2 Å². The van der Waals surface area contributed by atoms with Gasteiger partial charge in [-0.25, -0.2) is 9.50 Å². The first-order valence-corrected chi connectivity index (χ1v) is 4.52. The summed E-state index contributed by atoms with van der Waals surface area (Å²) in [7, 11) is 0. The first-order valence-electron chi connectivity index (χ1n) is 3.44. The van der Waals surface area contributed by atoms with Gasteiger partial charge in [0.2, 0.25) is 0 Å². The van der Waals surface area contributed by atoms with E-state index in [1.54, 1.807) is 4.52 Å². The van der Waals surface area contributed by atoms with Gasteiger partial charge >= 0.3 is 0 Å². The lowest BCUT2D eigenvalue weighted by Gasteiger charge is -1.97. The van der Waals surface area contributed by atoms with Gasteiger partial charge < -0.3 is 5.73 Å². The zero-order valence-electron chi connectivity index (χ0n) is 6.45. The van der Waals surface area contributed by atoms with Crippen molar-refractivity contribution in [3.05, 3.63) is 21.7 Å². The highest BCUT2D eigenvalue weighted by molar-refractivity contribution is 14.1. The smallest absolute Gasteiger partial charge is 0.152 e. The molecule has 2 rings (SSSR count). The van der Waals surface area contributed by atoms with Crippen LogP contribution in [0, 0.1) is 10.5 Å². The summed E-state index contributed by atoms with van der Waals surface area (Å²) in [5.41, 5.74) is 7.67. The minimum atomic E-state index is 0.530. The molecule has 0 aliphatic carbocycles. The number of hydrogen-bond acceptors (Lipinski definition) is 3. The van der Waals surface area contributed by atoms with Crippen molar-refractivity contribution in [2.75, 3.05) is 5.73 Å². The molecule has 0 atom stereocenters. The van der Waals surface area contributed by atoms with Crippen LogP contribution in [0.1, 0.15) is 5.69 Å². The molecule has 0 amide bonds. The van der Waals surface area contributed by atoms with E-state index >= 15 is 0 Å². The number of aryl methyl sites for hydroxylation is 1. The molecule has 0 fully saturated rings. The summed E-state index contributed by atoms with van der Waals surface area (Å²) in [5.74, 6) is 0.530. The third-order valence-electron chi connectivity index (χ3n) is 1.71. The average molecular weight is 274 g/mol. The van der Waals surface area contributed by atoms with Crippen molar-refractivity contribution in [2.24, 2.45) is 0 Å². The Morgan fingerprint density at radius 3 is 3.00 bits per heavy atom. The van der Waals surface area contributed by atoms with Crippen LogP contribution in [-0.4, -0.2) is 14.6 Å². The summed E-state index contributed by atoms with van der Waals surface area (Å²) >= 11 is 2.22. The molecule has 2 aromatic rings. The molecule has 12 heavy (non-hydrogen) atoms. The minimum absolute atomic E-state index is 0.530. The Kier molecular flexibility index (Phi) is 1.67. The molecule has 0 radical (unpaired) electrons. The summed E-state index contributed by atoms with van der Waals surface area (Å²) in [6.45, 7) is 1.99. The Labute approximate surface area is 82.9 Å². The summed E-state index contributed by atoms with van der Waals surface area (Å²) in [4.78, 5) is 3.92. The van der Waals surface area contributed by atoms with Gasteiger partial charge in [0, 0.05) is 9.26 Å². The molecule has 0 aliphatic heterocycles. The van der Waals surface area contributed by atoms with Gasteiger partial charge in [0.1, 0.15) is 11.8 Å². The van der Waals surface area contributed by atoms with Crippen LogP contribution < -0.4 is 5.73 Å². The first-order chi connectivity index (χ1) is 5.70. The second kappa shape index (κ2) is 2.58. The number of aromatic nitrogens is 3. The summed E-state index contributed by atoms with van der Waals surface area (Å²) in [6, 6.07) is 2.03. The predicted octanol–water partition coefficient (Wildman–Crippen LogP) is 1.22. The zero-order valence-corrected chi connectivity index (χ0v) is 8.61. The fraction of sp³-hybridized carbons (Fsp3) is 0.143. The molecule has 0 bridgehead atoms. The number of rotatable bonds is 0. The van der Waals surface area contributed by atoms with Gasteiger partial charge in [0.15, 0.2) is 5.82 Å². The Hall–Kier alpha value is -0.850. The standard InChI is InChI=1S/C7H7IN4/c1-4-2-5(8)6-7(9)10-3-11-12(4)6/h2-3H,1H3,(H2,9,10,11). The van der Waals surface area contributed by atoms with Gasteiger partial charge in [0.25, 0.3) is 0 Å². The van der Waals surface area contributed by atoms with Gasteiger partial charge in [0.05, 0.1) is 0 Å². The summed E-state index contributed by atoms with van der Waals surface area (Å²) in [6.07, 6.45) is 1.46. The number of nitrogens with zero attached hydrogens (tertiary/aromatic N) is 3. The predicted molar refractivity (Wildman–Crippen MR) is 54.9 cm³/mol. The van der Waals surface area contributed by atoms with E-state index in [9.17, 15) is 0 Å². The lowest BCUT2D eigenvalue weighted by Crippen LogP contribution is -2.00. The molecular weight excluding hydrogens is 267 g/mol. The first kappa shape index (κ1) is 7.78. The second-order valence-corrected chi connectivity index (χ2v) is 3.70. The van der Waals surface area contributed by atoms with Crippen LogP contribution in [0.25, 0.3) is 5.52 Å². The van der Waals surface area contributed by atoms with Crippen LogP contribution in [-0.2, 0) is 0 Å². The number of halogens is 1. The Bertz CT molecular complexity index is 434. The SMILES string of the molecule is Cc1cc(I)c2c(N)ncnn12. The molecule has 0 unspecified atom stereocenters. The van der Waals surface area contributed by atoms with E-state index in [2.05, 4.69) is 32.7 Å². The van der Waals surface area contributed by atoms with E-state index in [4.69, 9.17) is 5.73 Å². The fourth-order valence-corrected chi connectivity index (χ4v) is 2.13. The Balaban J connectivity index is 2.99. The average Bonchev–Trinajstić information content (AvgIpc) is 2.29. The van der Waals surface area contributed by atoms with Gasteiger partial charge in [-0.15, -0.1) is 0 Å². The van der Waals surface area contributed by atoms with Crippen LogP contribution in [0.4, 0.5) is 5.82 Å². The van der Waals surface area contributed by atoms with Crippen molar-refractivity contribution in [2.45, 2.75) is 6.92 Å². The summed E-state index contributed by atoms with van der Waals surface area (Å²) < 4.78 is 2.88. The zero-order chi connectivity index (χ0) is 8.72. The maximum atomic E-state index is 5.69. The van der Waals surface area contributed by atoms with Crippen molar-refractivity contribution >= 4 is 33.9 Å². The molecule has 4 nitrogen and oxygen atoms in total. The largest absolute Gasteiger partial charge is 0.382 e. The molecule has 0 saturated heterocycles. The monoisotopic (exact) mass is 274 g/mol. The lowest BCUT2D eigenvalue weighted by atomic mass is 10.5. The van der Waals surface area contributed by atoms with Crippen LogP contribution in [0.15, 0.2) is 12.4 Å². The van der Waals surface area contributed by atoms with Crippen molar-refractivity contribution in [3.63, 3.8) is 0 Å². The Morgan fingerprint density at radius 1 is 1.58 bits per heavy atom. The molecule has 2 N–H and O–H groups in total. The highest BCUT2D eigenvalue weighted by Gasteiger charge is 2.07. The van der Waals surface area contributed by atoms with Gasteiger partial charge in [-0.1, -0.05) is 0 Å². The van der Waals surface area contributed by atoms with Crippen molar-refractivity contribution in [3.8, 4) is 0 Å². The highest BCUT2D eigenvalue weighted by atomic mass is 127. The van der Waals surface area contributed by atoms with E-state index < -0.39 is 0 Å². The summed E-state index contributed by atoms with van der Waals surface area (Å²) in [5, 5.41) is 4.08. The maximum Gasteiger partial charge on any atom is 0.152 e. The fourth-order valence-electron chi connectivity index (χ4n) is 1.17. The highest BCUT2D eigenvalue weighted by Crippen LogP contribution is 2.20. The van der Waals surface area contributed by atoms with Crippen molar-refractivity contribution in [1.82, 2.24) is 14.6 Å². The quantitative estimate of drug-likeness (QED) is 0.735. The molecule has 5 heteroatoms. The molecule has 0 spiro atoms. The molecule has 2 aromatic heterocycles. The van der Waals surface area contributed by atoms with E-state index in [1.807, 2.05) is 13.0 Å². The second-order valence-electron chi connectivity index (χ2n) is 2.54. The van der Waals surface area contributed by atoms with Gasteiger partial charge in [-0.05, 0) is 35.6 Å². The van der Waals surface area contributed by atoms with E-state index in [0.29, 0.717) is 5.82 Å². The minimum Gasteiger partial charge on any atom is -0.382 e.